The zero-order valence-corrected chi connectivity index (χ0v) is 21.1. The molecule has 1 aliphatic heterocycles. The van der Waals surface area contributed by atoms with Crippen LogP contribution in [-0.2, 0) is 26.8 Å². The number of carbonyl (C=O) groups excluding carboxylic acids is 1. The van der Waals surface area contributed by atoms with Crippen molar-refractivity contribution in [3.8, 4) is 11.1 Å². The van der Waals surface area contributed by atoms with Gasteiger partial charge in [-0.3, -0.25) is 9.36 Å². The molecule has 1 atom stereocenters. The summed E-state index contributed by atoms with van der Waals surface area (Å²) in [6, 6.07) is 12.0. The number of sulfonamides is 1. The van der Waals surface area contributed by atoms with Gasteiger partial charge in [0.2, 0.25) is 11.9 Å². The van der Waals surface area contributed by atoms with E-state index in [0.29, 0.717) is 15.7 Å². The minimum atomic E-state index is -4.19. The van der Waals surface area contributed by atoms with E-state index in [0.717, 1.165) is 22.9 Å². The number of hydrogen-bond donors (Lipinski definition) is 2. The number of rotatable bonds is 5. The van der Waals surface area contributed by atoms with Gasteiger partial charge in [-0.2, -0.15) is 0 Å². The van der Waals surface area contributed by atoms with Crippen molar-refractivity contribution < 1.29 is 13.2 Å². The number of imidazole rings is 1. The highest BCUT2D eigenvalue weighted by molar-refractivity contribution is 7.89. The molecule has 0 spiro atoms. The van der Waals surface area contributed by atoms with Crippen LogP contribution in [0.1, 0.15) is 12.5 Å². The first-order valence-corrected chi connectivity index (χ1v) is 12.9. The van der Waals surface area contributed by atoms with Crippen molar-refractivity contribution in [2.45, 2.75) is 23.9 Å². The van der Waals surface area contributed by atoms with Gasteiger partial charge >= 0.3 is 0 Å². The topological polar surface area (TPSA) is 150 Å². The first-order chi connectivity index (χ1) is 17.0. The van der Waals surface area contributed by atoms with Crippen LogP contribution in [0.25, 0.3) is 11.1 Å². The van der Waals surface area contributed by atoms with E-state index in [2.05, 4.69) is 15.0 Å². The molecular weight excluding hydrogens is 525 g/mol. The highest BCUT2D eigenvalue weighted by Gasteiger charge is 2.51. The number of nitrogens with two attached hydrogens (primary N) is 2. The first kappa shape index (κ1) is 24.2. The van der Waals surface area contributed by atoms with Crippen LogP contribution in [0.15, 0.2) is 66.1 Å². The summed E-state index contributed by atoms with van der Waals surface area (Å²) in [5.41, 5.74) is 6.95. The minimum absolute atomic E-state index is 0.0977. The third kappa shape index (κ3) is 4.09. The van der Waals surface area contributed by atoms with Crippen molar-refractivity contribution >= 4 is 56.7 Å². The zero-order chi connectivity index (χ0) is 25.8. The van der Waals surface area contributed by atoms with Crippen molar-refractivity contribution in [1.29, 1.82) is 0 Å². The number of amides is 1. The molecule has 1 amide bonds. The molecule has 0 radical (unpaired) electrons. The lowest BCUT2D eigenvalue weighted by Crippen LogP contribution is -2.42. The van der Waals surface area contributed by atoms with E-state index in [9.17, 15) is 13.2 Å². The van der Waals surface area contributed by atoms with E-state index < -0.39 is 21.5 Å². The van der Waals surface area contributed by atoms with E-state index in [-0.39, 0.29) is 23.3 Å². The lowest BCUT2D eigenvalue weighted by atomic mass is 9.91. The van der Waals surface area contributed by atoms with Gasteiger partial charge in [-0.15, -0.1) is 0 Å². The van der Waals surface area contributed by atoms with Gasteiger partial charge in [0.1, 0.15) is 5.54 Å². The fourth-order valence-corrected chi connectivity index (χ4v) is 5.58. The molecule has 0 fully saturated rings. The number of aromatic nitrogens is 4. The van der Waals surface area contributed by atoms with Crippen LogP contribution in [0.2, 0.25) is 10.0 Å². The number of primary sulfonamides is 1. The number of carbonyl (C=O) groups is 1. The monoisotopic (exact) mass is 543 g/mol. The summed E-state index contributed by atoms with van der Waals surface area (Å²) in [6.45, 7) is 1.64. The molecule has 4 N–H and O–H groups in total. The van der Waals surface area contributed by atoms with Crippen molar-refractivity contribution in [3.05, 3.63) is 76.7 Å². The molecule has 2 aromatic heterocycles. The van der Waals surface area contributed by atoms with Gasteiger partial charge < -0.3 is 5.73 Å². The summed E-state index contributed by atoms with van der Waals surface area (Å²) >= 11 is 12.3. The van der Waals surface area contributed by atoms with Crippen LogP contribution in [0.4, 0.5) is 17.6 Å². The Kier molecular flexibility index (Phi) is 5.75. The number of halogens is 2. The van der Waals surface area contributed by atoms with Crippen LogP contribution in [0.3, 0.4) is 0 Å². The molecular formula is C23H19Cl2N7O3S. The molecule has 0 saturated heterocycles. The fourth-order valence-electron chi connectivity index (χ4n) is 4.33. The third-order valence-corrected chi connectivity index (χ3v) is 7.28. The molecule has 0 saturated carbocycles. The first-order valence-electron chi connectivity index (χ1n) is 10.6. The van der Waals surface area contributed by atoms with Crippen LogP contribution < -0.4 is 15.8 Å². The van der Waals surface area contributed by atoms with Gasteiger partial charge in [0.05, 0.1) is 11.9 Å². The second-order valence-electron chi connectivity index (χ2n) is 8.52. The maximum absolute atomic E-state index is 13.9. The lowest BCUT2D eigenvalue weighted by Gasteiger charge is -2.26. The Morgan fingerprint density at radius 3 is 2.14 bits per heavy atom. The zero-order valence-electron chi connectivity index (χ0n) is 18.8. The summed E-state index contributed by atoms with van der Waals surface area (Å²) in [4.78, 5) is 27.4. The molecule has 2 aromatic carbocycles. The van der Waals surface area contributed by atoms with Crippen LogP contribution in [-0.4, -0.2) is 33.8 Å². The Labute approximate surface area is 216 Å². The summed E-state index contributed by atoms with van der Waals surface area (Å²) in [5, 5.41) is 5.82. The van der Waals surface area contributed by atoms with E-state index in [1.54, 1.807) is 31.5 Å². The summed E-state index contributed by atoms with van der Waals surface area (Å²) in [6.07, 6.45) is 4.52. The predicted octanol–water partition coefficient (Wildman–Crippen LogP) is 3.51. The molecule has 4 aromatic rings. The van der Waals surface area contributed by atoms with Crippen LogP contribution in [0, 0.1) is 0 Å². The van der Waals surface area contributed by atoms with Gasteiger partial charge in [-0.05, 0) is 36.2 Å². The molecule has 0 bridgehead atoms. The Morgan fingerprint density at radius 2 is 1.56 bits per heavy atom. The molecule has 10 nitrogen and oxygen atoms in total. The molecule has 184 valence electrons. The van der Waals surface area contributed by atoms with Crippen molar-refractivity contribution in [3.63, 3.8) is 0 Å². The number of nitrogens with zero attached hydrogens (tertiary/aromatic N) is 5. The number of anilines is 3. The van der Waals surface area contributed by atoms with Crippen LogP contribution >= 0.6 is 23.2 Å². The standard InChI is InChI=1S/C23H19Cl2N7O3S/c1-23(9-13-2-4-14(5-3-13)15-10-28-21(26)29-11-15)20(33)31(18-7-16(24)6-17(25)8-18)22-30-12-19(32(22)23)36(27,34)35/h2-8,10-12H,9H2,1H3,(H2,26,28,29)(H2,27,34,35). The van der Waals surface area contributed by atoms with Gasteiger partial charge in [0.25, 0.3) is 15.9 Å². The Morgan fingerprint density at radius 1 is 0.944 bits per heavy atom. The Bertz CT molecular complexity index is 1590. The molecule has 0 aliphatic carbocycles. The molecule has 5 rings (SSSR count). The molecule has 13 heteroatoms. The summed E-state index contributed by atoms with van der Waals surface area (Å²) < 4.78 is 26.2. The van der Waals surface area contributed by atoms with E-state index in [1.165, 1.54) is 15.5 Å². The van der Waals surface area contributed by atoms with E-state index in [4.69, 9.17) is 34.1 Å². The number of benzene rings is 2. The maximum Gasteiger partial charge on any atom is 0.260 e. The SMILES string of the molecule is CC1(Cc2ccc(-c3cnc(N)nc3)cc2)C(=O)N(c2cc(Cl)cc(Cl)c2)c2ncc(S(N)(=O)=O)n21. The second-order valence-corrected chi connectivity index (χ2v) is 10.9. The average Bonchev–Trinajstić information content (AvgIpc) is 3.33. The van der Waals surface area contributed by atoms with Crippen molar-refractivity contribution in [1.82, 2.24) is 19.5 Å². The minimum Gasteiger partial charge on any atom is -0.368 e. The number of fused-ring (bicyclic) bond motifs is 1. The normalized spacial score (nSPS) is 17.4. The quantitative estimate of drug-likeness (QED) is 0.390. The largest absolute Gasteiger partial charge is 0.368 e. The predicted molar refractivity (Wildman–Crippen MR) is 136 cm³/mol. The van der Waals surface area contributed by atoms with Gasteiger partial charge in [0, 0.05) is 34.4 Å². The van der Waals surface area contributed by atoms with Gasteiger partial charge in [-0.25, -0.2) is 33.4 Å². The summed E-state index contributed by atoms with van der Waals surface area (Å²) in [5.74, 6) is -0.138. The Balaban J connectivity index is 1.58. The number of hydrogen-bond acceptors (Lipinski definition) is 7. The van der Waals surface area contributed by atoms with Gasteiger partial charge in [0.15, 0.2) is 5.03 Å². The summed E-state index contributed by atoms with van der Waals surface area (Å²) in [7, 11) is -4.19. The molecule has 3 heterocycles. The van der Waals surface area contributed by atoms with E-state index in [1.807, 2.05) is 24.3 Å². The number of nitrogen functional groups attached to an aromatic ring is 1. The second kappa shape index (κ2) is 8.56. The average molecular weight is 544 g/mol. The molecule has 36 heavy (non-hydrogen) atoms. The smallest absolute Gasteiger partial charge is 0.260 e. The van der Waals surface area contributed by atoms with Crippen LogP contribution in [0.5, 0.6) is 0 Å². The maximum atomic E-state index is 13.9. The van der Waals surface area contributed by atoms with Crippen molar-refractivity contribution in [2.75, 3.05) is 10.6 Å². The molecule has 1 aliphatic rings. The fraction of sp³-hybridized carbons (Fsp3) is 0.130. The Hall–Kier alpha value is -3.51. The third-order valence-electron chi connectivity index (χ3n) is 5.97. The highest BCUT2D eigenvalue weighted by atomic mass is 35.5. The van der Waals surface area contributed by atoms with Gasteiger partial charge in [-0.1, -0.05) is 47.5 Å². The highest BCUT2D eigenvalue weighted by Crippen LogP contribution is 2.44. The van der Waals surface area contributed by atoms with Crippen molar-refractivity contribution in [2.24, 2.45) is 5.14 Å². The lowest BCUT2D eigenvalue weighted by molar-refractivity contribution is -0.124. The van der Waals surface area contributed by atoms with E-state index >= 15 is 0 Å². The molecule has 1 unspecified atom stereocenters.